The molecule has 1 rings (SSSR count). The lowest BCUT2D eigenvalue weighted by molar-refractivity contribution is 1.49. The predicted octanol–water partition coefficient (Wildman–Crippen LogP) is 2.27. The lowest BCUT2D eigenvalue weighted by atomic mass is 10.2. The highest BCUT2D eigenvalue weighted by atomic mass is 35.5. The second-order valence-electron chi connectivity index (χ2n) is 2.30. The first-order valence-electron chi connectivity index (χ1n) is 3.42. The van der Waals surface area contributed by atoms with Crippen molar-refractivity contribution >= 4 is 17.7 Å². The zero-order valence-corrected chi connectivity index (χ0v) is 7.18. The topological polar surface area (TPSA) is 26.0 Å². The van der Waals surface area contributed by atoms with Gasteiger partial charge in [0.05, 0.1) is 5.70 Å². The molecule has 2 heteroatoms. The molecule has 1 aromatic rings. The average Bonchev–Trinajstić information content (AvgIpc) is 2.04. The highest BCUT2D eigenvalue weighted by Crippen LogP contribution is 2.12. The van der Waals surface area contributed by atoms with Crippen LogP contribution in [0.5, 0.6) is 0 Å². The van der Waals surface area contributed by atoms with E-state index in [1.807, 2.05) is 12.1 Å². The van der Waals surface area contributed by atoms with Crippen molar-refractivity contribution < 1.29 is 0 Å². The van der Waals surface area contributed by atoms with Crippen molar-refractivity contribution in [3.63, 3.8) is 0 Å². The van der Waals surface area contributed by atoms with E-state index in [0.717, 1.165) is 5.56 Å². The Bertz CT molecular complexity index is 347. The lowest BCUT2D eigenvalue weighted by Gasteiger charge is -1.94. The molecular formula is C10H8ClN. The molecular weight excluding hydrogens is 170 g/mol. The maximum Gasteiger partial charge on any atom is 0.0830 e. The number of hydrogen-bond donors (Lipinski definition) is 1. The van der Waals surface area contributed by atoms with Crippen LogP contribution in [0.15, 0.2) is 30.0 Å². The molecule has 0 aromatic heterocycles. The molecule has 0 heterocycles. The Morgan fingerprint density at radius 1 is 1.58 bits per heavy atom. The molecule has 0 saturated heterocycles. The SMILES string of the molecule is C#C/C(N)=C\c1cccc(Cl)c1. The maximum absolute atomic E-state index is 5.75. The van der Waals surface area contributed by atoms with Crippen molar-refractivity contribution in [2.45, 2.75) is 0 Å². The summed E-state index contributed by atoms with van der Waals surface area (Å²) >= 11 is 5.75. The van der Waals surface area contributed by atoms with Crippen molar-refractivity contribution in [3.8, 4) is 12.3 Å². The summed E-state index contributed by atoms with van der Waals surface area (Å²) in [7, 11) is 0. The molecule has 0 aliphatic carbocycles. The predicted molar refractivity (Wildman–Crippen MR) is 52.4 cm³/mol. The largest absolute Gasteiger partial charge is 0.392 e. The number of nitrogens with two attached hydrogens (primary N) is 1. The van der Waals surface area contributed by atoms with Gasteiger partial charge in [-0.05, 0) is 23.8 Å². The Morgan fingerprint density at radius 2 is 2.33 bits per heavy atom. The first kappa shape index (κ1) is 8.70. The van der Waals surface area contributed by atoms with Gasteiger partial charge in [0.25, 0.3) is 0 Å². The summed E-state index contributed by atoms with van der Waals surface area (Å²) < 4.78 is 0. The number of halogens is 1. The first-order chi connectivity index (χ1) is 5.72. The van der Waals surface area contributed by atoms with Crippen LogP contribution in [-0.2, 0) is 0 Å². The fourth-order valence-electron chi connectivity index (χ4n) is 0.818. The monoisotopic (exact) mass is 177 g/mol. The van der Waals surface area contributed by atoms with Gasteiger partial charge in [0, 0.05) is 5.02 Å². The van der Waals surface area contributed by atoms with Gasteiger partial charge in [-0.2, -0.15) is 0 Å². The zero-order valence-electron chi connectivity index (χ0n) is 6.42. The molecule has 0 aliphatic rings. The fraction of sp³-hybridized carbons (Fsp3) is 0. The normalized spacial score (nSPS) is 10.8. The van der Waals surface area contributed by atoms with Gasteiger partial charge in [-0.1, -0.05) is 29.7 Å². The number of benzene rings is 1. The van der Waals surface area contributed by atoms with E-state index in [2.05, 4.69) is 5.92 Å². The summed E-state index contributed by atoms with van der Waals surface area (Å²) in [6.45, 7) is 0. The van der Waals surface area contributed by atoms with Crippen molar-refractivity contribution in [2.24, 2.45) is 5.73 Å². The van der Waals surface area contributed by atoms with Gasteiger partial charge in [-0.3, -0.25) is 0 Å². The molecule has 0 spiro atoms. The van der Waals surface area contributed by atoms with Crippen molar-refractivity contribution in [3.05, 3.63) is 40.5 Å². The highest BCUT2D eigenvalue weighted by Gasteiger charge is 1.90. The first-order valence-corrected chi connectivity index (χ1v) is 3.79. The summed E-state index contributed by atoms with van der Waals surface area (Å²) in [5.41, 5.74) is 6.75. The van der Waals surface area contributed by atoms with Crippen LogP contribution in [0.1, 0.15) is 5.56 Å². The Kier molecular flexibility index (Phi) is 2.79. The van der Waals surface area contributed by atoms with Crippen molar-refractivity contribution in [1.29, 1.82) is 0 Å². The lowest BCUT2D eigenvalue weighted by Crippen LogP contribution is -1.91. The molecule has 0 fully saturated rings. The highest BCUT2D eigenvalue weighted by molar-refractivity contribution is 6.30. The standard InChI is InChI=1S/C10H8ClN/c1-2-10(12)7-8-4-3-5-9(11)6-8/h1,3-7H,12H2/b10-7+. The third-order valence-corrected chi connectivity index (χ3v) is 1.57. The molecule has 0 atom stereocenters. The number of terminal acetylenes is 1. The van der Waals surface area contributed by atoms with Crippen LogP contribution in [0.3, 0.4) is 0 Å². The molecule has 0 radical (unpaired) electrons. The summed E-state index contributed by atoms with van der Waals surface area (Å²) in [5, 5.41) is 0.675. The van der Waals surface area contributed by atoms with E-state index < -0.39 is 0 Å². The number of hydrogen-bond acceptors (Lipinski definition) is 1. The van der Waals surface area contributed by atoms with Crippen LogP contribution in [0.4, 0.5) is 0 Å². The second kappa shape index (κ2) is 3.85. The average molecular weight is 178 g/mol. The van der Waals surface area contributed by atoms with E-state index in [1.165, 1.54) is 0 Å². The summed E-state index contributed by atoms with van der Waals surface area (Å²) in [6, 6.07) is 7.32. The summed E-state index contributed by atoms with van der Waals surface area (Å²) in [6.07, 6.45) is 6.78. The third-order valence-electron chi connectivity index (χ3n) is 1.34. The van der Waals surface area contributed by atoms with Gasteiger partial charge in [-0.25, -0.2) is 0 Å². The van der Waals surface area contributed by atoms with Crippen molar-refractivity contribution in [1.82, 2.24) is 0 Å². The van der Waals surface area contributed by atoms with E-state index in [4.69, 9.17) is 23.8 Å². The van der Waals surface area contributed by atoms with Crippen LogP contribution < -0.4 is 5.73 Å². The molecule has 60 valence electrons. The Morgan fingerprint density at radius 3 is 2.92 bits per heavy atom. The van der Waals surface area contributed by atoms with Crippen LogP contribution >= 0.6 is 11.6 Å². The second-order valence-corrected chi connectivity index (χ2v) is 2.74. The quantitative estimate of drug-likeness (QED) is 0.655. The van der Waals surface area contributed by atoms with E-state index >= 15 is 0 Å². The van der Waals surface area contributed by atoms with Crippen LogP contribution in [0, 0.1) is 12.3 Å². The van der Waals surface area contributed by atoms with Gasteiger partial charge in [0.15, 0.2) is 0 Å². The van der Waals surface area contributed by atoms with E-state index in [1.54, 1.807) is 18.2 Å². The molecule has 12 heavy (non-hydrogen) atoms. The number of allylic oxidation sites excluding steroid dienone is 1. The fourth-order valence-corrected chi connectivity index (χ4v) is 1.02. The van der Waals surface area contributed by atoms with Crippen LogP contribution in [0.2, 0.25) is 5.02 Å². The molecule has 0 amide bonds. The molecule has 0 bridgehead atoms. The van der Waals surface area contributed by atoms with Crippen molar-refractivity contribution in [2.75, 3.05) is 0 Å². The van der Waals surface area contributed by atoms with Crippen LogP contribution in [-0.4, -0.2) is 0 Å². The van der Waals surface area contributed by atoms with Gasteiger partial charge < -0.3 is 5.73 Å². The molecule has 0 saturated carbocycles. The summed E-state index contributed by atoms with van der Waals surface area (Å²) in [4.78, 5) is 0. The van der Waals surface area contributed by atoms with E-state index in [-0.39, 0.29) is 0 Å². The Labute approximate surface area is 76.8 Å². The molecule has 0 aliphatic heterocycles. The maximum atomic E-state index is 5.75. The van der Waals surface area contributed by atoms with E-state index in [9.17, 15) is 0 Å². The minimum atomic E-state index is 0.400. The Balaban J connectivity index is 2.99. The zero-order chi connectivity index (χ0) is 8.97. The minimum Gasteiger partial charge on any atom is -0.392 e. The molecule has 1 nitrogen and oxygen atoms in total. The smallest absolute Gasteiger partial charge is 0.0830 e. The summed E-state index contributed by atoms with van der Waals surface area (Å²) in [5.74, 6) is 2.33. The van der Waals surface area contributed by atoms with Gasteiger partial charge in [0.1, 0.15) is 0 Å². The molecule has 2 N–H and O–H groups in total. The van der Waals surface area contributed by atoms with Gasteiger partial charge in [0.2, 0.25) is 0 Å². The minimum absolute atomic E-state index is 0.400. The van der Waals surface area contributed by atoms with Gasteiger partial charge in [-0.15, -0.1) is 6.42 Å². The molecule has 0 unspecified atom stereocenters. The van der Waals surface area contributed by atoms with Gasteiger partial charge >= 0.3 is 0 Å². The van der Waals surface area contributed by atoms with Crippen LogP contribution in [0.25, 0.3) is 6.08 Å². The van der Waals surface area contributed by atoms with E-state index in [0.29, 0.717) is 10.7 Å². The number of rotatable bonds is 1. The molecule has 1 aromatic carbocycles. The third kappa shape index (κ3) is 2.34. The Hall–Kier alpha value is -1.39.